The van der Waals surface area contributed by atoms with Crippen LogP contribution in [0.2, 0.25) is 0 Å². The summed E-state index contributed by atoms with van der Waals surface area (Å²) in [7, 11) is 0. The highest BCUT2D eigenvalue weighted by atomic mass is 32.1. The molecule has 0 aliphatic heterocycles. The van der Waals surface area contributed by atoms with Crippen LogP contribution in [-0.4, -0.2) is 10.9 Å². The molecule has 0 atom stereocenters. The van der Waals surface area contributed by atoms with Gasteiger partial charge >= 0.3 is 0 Å². The summed E-state index contributed by atoms with van der Waals surface area (Å²) in [6.07, 6.45) is 9.13. The molecule has 2 aromatic rings. The van der Waals surface area contributed by atoms with Gasteiger partial charge in [0.1, 0.15) is 5.01 Å². The summed E-state index contributed by atoms with van der Waals surface area (Å²) in [6.45, 7) is 0. The topological polar surface area (TPSA) is 65.8 Å². The minimum Gasteiger partial charge on any atom is -0.341 e. The third-order valence-corrected chi connectivity index (χ3v) is 5.08. The van der Waals surface area contributed by atoms with Gasteiger partial charge in [-0.25, -0.2) is 4.98 Å². The smallest absolute Gasteiger partial charge is 0.244 e. The predicted molar refractivity (Wildman–Crippen MR) is 90.6 cm³/mol. The lowest BCUT2D eigenvalue weighted by atomic mass is 9.98. The van der Waals surface area contributed by atoms with E-state index in [9.17, 15) is 4.79 Å². The van der Waals surface area contributed by atoms with Crippen molar-refractivity contribution in [2.75, 3.05) is 0 Å². The van der Waals surface area contributed by atoms with Gasteiger partial charge in [-0.1, -0.05) is 25.0 Å². The molecule has 3 rings (SSSR count). The van der Waals surface area contributed by atoms with Gasteiger partial charge in [-0.15, -0.1) is 11.3 Å². The van der Waals surface area contributed by atoms with E-state index in [1.807, 2.05) is 17.5 Å². The third kappa shape index (κ3) is 3.49. The van der Waals surface area contributed by atoms with Crippen LogP contribution < -0.4 is 5.32 Å². The van der Waals surface area contributed by atoms with Crippen molar-refractivity contribution in [3.05, 3.63) is 58.1 Å². The molecule has 0 spiro atoms. The highest BCUT2D eigenvalue weighted by Crippen LogP contribution is 2.39. The lowest BCUT2D eigenvalue weighted by Gasteiger charge is -2.27. The van der Waals surface area contributed by atoms with E-state index in [0.29, 0.717) is 5.56 Å². The van der Waals surface area contributed by atoms with Crippen LogP contribution in [0.4, 0.5) is 0 Å². The molecule has 1 aliphatic carbocycles. The van der Waals surface area contributed by atoms with Crippen molar-refractivity contribution in [3.8, 4) is 6.07 Å². The Morgan fingerprint density at radius 3 is 2.91 bits per heavy atom. The Kier molecular flexibility index (Phi) is 4.54. The van der Waals surface area contributed by atoms with E-state index in [-0.39, 0.29) is 11.4 Å². The van der Waals surface area contributed by atoms with Crippen molar-refractivity contribution >= 4 is 23.3 Å². The zero-order valence-electron chi connectivity index (χ0n) is 12.7. The van der Waals surface area contributed by atoms with Crippen LogP contribution in [0, 0.1) is 11.3 Å². The molecule has 0 bridgehead atoms. The Bertz CT molecular complexity index is 753. The fourth-order valence-electron chi connectivity index (χ4n) is 2.99. The van der Waals surface area contributed by atoms with Gasteiger partial charge in [-0.3, -0.25) is 4.79 Å². The van der Waals surface area contributed by atoms with E-state index < -0.39 is 0 Å². The number of carbonyl (C=O) groups is 1. The molecule has 23 heavy (non-hydrogen) atoms. The minimum atomic E-state index is -0.315. The molecule has 1 saturated carbocycles. The number of benzene rings is 1. The summed E-state index contributed by atoms with van der Waals surface area (Å²) >= 11 is 1.59. The first-order valence-electron chi connectivity index (χ1n) is 7.62. The maximum Gasteiger partial charge on any atom is 0.244 e. The number of amides is 1. The van der Waals surface area contributed by atoms with Crippen molar-refractivity contribution in [1.82, 2.24) is 10.3 Å². The Hall–Kier alpha value is -2.45. The van der Waals surface area contributed by atoms with E-state index in [2.05, 4.69) is 16.4 Å². The molecule has 4 nitrogen and oxygen atoms in total. The number of carbonyl (C=O) groups excluding carboxylic acids is 1. The van der Waals surface area contributed by atoms with Gasteiger partial charge in [0, 0.05) is 17.7 Å². The summed E-state index contributed by atoms with van der Waals surface area (Å²) in [5.74, 6) is -0.121. The standard InChI is InChI=1S/C18H17N3OS/c19-13-15-5-3-4-14(12-15)6-7-16(22)21-18(8-1-2-9-18)17-20-10-11-23-17/h3-7,10-12H,1-2,8-9H2,(H,21,22)/b7-6-. The van der Waals surface area contributed by atoms with Crippen LogP contribution in [0.3, 0.4) is 0 Å². The molecule has 1 heterocycles. The Labute approximate surface area is 139 Å². The highest BCUT2D eigenvalue weighted by Gasteiger charge is 2.38. The number of hydrogen-bond acceptors (Lipinski definition) is 4. The van der Waals surface area contributed by atoms with Gasteiger partial charge in [-0.05, 0) is 36.6 Å². The Morgan fingerprint density at radius 2 is 2.22 bits per heavy atom. The first-order valence-corrected chi connectivity index (χ1v) is 8.50. The fourth-order valence-corrected chi connectivity index (χ4v) is 3.85. The minimum absolute atomic E-state index is 0.121. The van der Waals surface area contributed by atoms with Gasteiger partial charge in [0.25, 0.3) is 0 Å². The second-order valence-corrected chi connectivity index (χ2v) is 6.58. The molecule has 5 heteroatoms. The zero-order chi connectivity index (χ0) is 16.1. The number of nitrogens with zero attached hydrogens (tertiary/aromatic N) is 2. The van der Waals surface area contributed by atoms with Gasteiger partial charge in [0.2, 0.25) is 5.91 Å². The van der Waals surface area contributed by atoms with Crippen molar-refractivity contribution < 1.29 is 4.79 Å². The van der Waals surface area contributed by atoms with Crippen LogP contribution >= 0.6 is 11.3 Å². The Morgan fingerprint density at radius 1 is 1.39 bits per heavy atom. The van der Waals surface area contributed by atoms with Gasteiger partial charge < -0.3 is 5.32 Å². The average molecular weight is 323 g/mol. The normalized spacial score (nSPS) is 16.3. The number of hydrogen-bond donors (Lipinski definition) is 1. The Balaban J connectivity index is 1.73. The molecule has 1 N–H and O–H groups in total. The zero-order valence-corrected chi connectivity index (χ0v) is 13.5. The van der Waals surface area contributed by atoms with Crippen LogP contribution in [0.5, 0.6) is 0 Å². The van der Waals surface area contributed by atoms with Crippen LogP contribution in [0.25, 0.3) is 6.08 Å². The summed E-state index contributed by atoms with van der Waals surface area (Å²) in [5.41, 5.74) is 1.11. The van der Waals surface area contributed by atoms with E-state index in [1.165, 1.54) is 6.08 Å². The van der Waals surface area contributed by atoms with Crippen molar-refractivity contribution in [2.45, 2.75) is 31.2 Å². The van der Waals surface area contributed by atoms with Crippen molar-refractivity contribution in [2.24, 2.45) is 0 Å². The molecule has 0 saturated heterocycles. The van der Waals surface area contributed by atoms with Gasteiger partial charge in [-0.2, -0.15) is 5.26 Å². The van der Waals surface area contributed by atoms with Crippen molar-refractivity contribution in [3.63, 3.8) is 0 Å². The molecule has 0 unspecified atom stereocenters. The fraction of sp³-hybridized carbons (Fsp3) is 0.278. The number of nitriles is 1. The number of thiazole rings is 1. The average Bonchev–Trinajstić information content (AvgIpc) is 3.25. The van der Waals surface area contributed by atoms with E-state index in [4.69, 9.17) is 5.26 Å². The molecule has 1 fully saturated rings. The quantitative estimate of drug-likeness (QED) is 0.874. The first kappa shape index (κ1) is 15.4. The monoisotopic (exact) mass is 323 g/mol. The molecular weight excluding hydrogens is 306 g/mol. The van der Waals surface area contributed by atoms with Crippen LogP contribution in [0.15, 0.2) is 41.9 Å². The summed E-state index contributed by atoms with van der Waals surface area (Å²) in [5, 5.41) is 15.0. The van der Waals surface area contributed by atoms with E-state index in [0.717, 1.165) is 36.3 Å². The SMILES string of the molecule is N#Cc1cccc(/C=C\C(=O)NC2(c3nccs3)CCCC2)c1. The molecule has 1 aromatic carbocycles. The van der Waals surface area contributed by atoms with Crippen LogP contribution in [0.1, 0.15) is 41.8 Å². The number of rotatable bonds is 4. The largest absolute Gasteiger partial charge is 0.341 e. The summed E-state index contributed by atoms with van der Waals surface area (Å²) < 4.78 is 0. The summed E-state index contributed by atoms with van der Waals surface area (Å²) in [4.78, 5) is 16.7. The summed E-state index contributed by atoms with van der Waals surface area (Å²) in [6, 6.07) is 9.28. The van der Waals surface area contributed by atoms with Gasteiger partial charge in [0.05, 0.1) is 17.2 Å². The lowest BCUT2D eigenvalue weighted by Crippen LogP contribution is -2.43. The predicted octanol–water partition coefficient (Wildman–Crippen LogP) is 3.61. The maximum atomic E-state index is 12.3. The maximum absolute atomic E-state index is 12.3. The molecule has 0 radical (unpaired) electrons. The first-order chi connectivity index (χ1) is 11.2. The lowest BCUT2D eigenvalue weighted by molar-refractivity contribution is -0.118. The van der Waals surface area contributed by atoms with Gasteiger partial charge in [0.15, 0.2) is 0 Å². The second kappa shape index (κ2) is 6.76. The van der Waals surface area contributed by atoms with Crippen LogP contribution in [-0.2, 0) is 10.3 Å². The molecular formula is C18H17N3OS. The second-order valence-electron chi connectivity index (χ2n) is 5.69. The molecule has 1 aromatic heterocycles. The highest BCUT2D eigenvalue weighted by molar-refractivity contribution is 7.09. The molecule has 1 aliphatic rings. The van der Waals surface area contributed by atoms with E-state index >= 15 is 0 Å². The number of aromatic nitrogens is 1. The third-order valence-electron chi connectivity index (χ3n) is 4.10. The molecule has 116 valence electrons. The number of nitrogens with one attached hydrogen (secondary N) is 1. The molecule has 1 amide bonds. The van der Waals surface area contributed by atoms with E-state index in [1.54, 1.807) is 35.7 Å². The van der Waals surface area contributed by atoms with Crippen molar-refractivity contribution in [1.29, 1.82) is 5.26 Å².